The summed E-state index contributed by atoms with van der Waals surface area (Å²) in [6.45, 7) is -0.323. The Hall–Kier alpha value is -1.14. The molecule has 0 unspecified atom stereocenters. The van der Waals surface area contributed by atoms with Gasteiger partial charge in [-0.25, -0.2) is 9.78 Å². The van der Waals surface area contributed by atoms with E-state index in [0.717, 1.165) is 11.3 Å². The van der Waals surface area contributed by atoms with Crippen LogP contribution < -0.4 is 5.73 Å². The van der Waals surface area contributed by atoms with E-state index in [4.69, 9.17) is 16.1 Å². The van der Waals surface area contributed by atoms with Crippen LogP contribution in [0, 0.1) is 11.3 Å². The first-order chi connectivity index (χ1) is 7.15. The van der Waals surface area contributed by atoms with Gasteiger partial charge in [0.05, 0.1) is 0 Å². The first-order valence-corrected chi connectivity index (χ1v) is 4.54. The second-order valence-corrected chi connectivity index (χ2v) is 3.14. The molecule has 0 fully saturated rings. The molecule has 0 saturated carbocycles. The zero-order chi connectivity index (χ0) is 11.3. The Morgan fingerprint density at radius 1 is 1.81 bits per heavy atom. The number of carboxylic acid groups (broad SMARTS) is 1. The zero-order valence-corrected chi connectivity index (χ0v) is 8.19. The third-order valence-corrected chi connectivity index (χ3v) is 1.93. The molecular formula is C7H7N4NaO3S. The van der Waals surface area contributed by atoms with Crippen molar-refractivity contribution in [1.82, 2.24) is 4.98 Å². The number of hydrogen-bond donors (Lipinski definition) is 2. The molecule has 1 aromatic heterocycles. The van der Waals surface area contributed by atoms with Crippen LogP contribution in [0.5, 0.6) is 0 Å². The normalized spacial score (nSPS) is 10.1. The van der Waals surface area contributed by atoms with Crippen LogP contribution in [0.4, 0.5) is 5.13 Å². The second kappa shape index (κ2) is 7.19. The number of carbonyl (C=O) groups is 1. The monoisotopic (exact) mass is 250 g/mol. The van der Waals surface area contributed by atoms with Gasteiger partial charge in [-0.2, -0.15) is 5.26 Å². The number of anilines is 1. The van der Waals surface area contributed by atoms with E-state index in [2.05, 4.69) is 15.0 Å². The first kappa shape index (κ1) is 14.9. The molecule has 0 saturated heterocycles. The number of nitrogens with two attached hydrogens (primary N) is 1. The number of nitrogens with zero attached hydrogens (tertiary/aromatic N) is 3. The molecule has 0 aliphatic rings. The van der Waals surface area contributed by atoms with Crippen molar-refractivity contribution in [1.29, 1.82) is 5.26 Å². The number of hydrogen-bond acceptors (Lipinski definition) is 7. The van der Waals surface area contributed by atoms with Crippen molar-refractivity contribution >= 4 is 57.7 Å². The number of nitrogen functional groups attached to an aromatic ring is 1. The summed E-state index contributed by atoms with van der Waals surface area (Å²) >= 11 is 1.09. The Morgan fingerprint density at radius 2 is 2.50 bits per heavy atom. The van der Waals surface area contributed by atoms with Gasteiger partial charge in [0.15, 0.2) is 5.13 Å². The van der Waals surface area contributed by atoms with E-state index in [1.807, 2.05) is 0 Å². The fourth-order valence-electron chi connectivity index (χ4n) is 0.717. The number of aromatic nitrogens is 1. The molecule has 3 N–H and O–H groups in total. The third kappa shape index (κ3) is 4.16. The van der Waals surface area contributed by atoms with E-state index < -0.39 is 5.97 Å². The molecule has 0 bridgehead atoms. The van der Waals surface area contributed by atoms with Gasteiger partial charge in [0.25, 0.3) is 0 Å². The van der Waals surface area contributed by atoms with Gasteiger partial charge in [0.1, 0.15) is 11.8 Å². The van der Waals surface area contributed by atoms with E-state index >= 15 is 0 Å². The van der Waals surface area contributed by atoms with Crippen LogP contribution in [0.1, 0.15) is 5.69 Å². The molecular weight excluding hydrogens is 243 g/mol. The molecule has 0 atom stereocenters. The first-order valence-electron chi connectivity index (χ1n) is 3.66. The number of rotatable bonds is 4. The fourth-order valence-corrected chi connectivity index (χ4v) is 1.27. The Bertz CT molecular complexity index is 439. The predicted molar refractivity (Wildman–Crippen MR) is 59.4 cm³/mol. The summed E-state index contributed by atoms with van der Waals surface area (Å²) in [5.41, 5.74) is 5.07. The number of oxime groups is 1. The van der Waals surface area contributed by atoms with Crippen molar-refractivity contribution in [2.75, 3.05) is 12.3 Å². The van der Waals surface area contributed by atoms with E-state index in [-0.39, 0.29) is 52.7 Å². The molecule has 7 nitrogen and oxygen atoms in total. The van der Waals surface area contributed by atoms with Gasteiger partial charge in [0.2, 0.25) is 12.3 Å². The molecule has 9 heteroatoms. The van der Waals surface area contributed by atoms with Crippen LogP contribution in [0.15, 0.2) is 10.5 Å². The molecule has 1 aromatic rings. The number of aliphatic carboxylic acids is 1. The summed E-state index contributed by atoms with van der Waals surface area (Å²) in [6.07, 6.45) is 0. The van der Waals surface area contributed by atoms with Crippen LogP contribution >= 0.6 is 11.3 Å². The molecule has 0 amide bonds. The molecule has 1 rings (SSSR count). The molecule has 1 heterocycles. The van der Waals surface area contributed by atoms with Crippen LogP contribution in [0.25, 0.3) is 0 Å². The summed E-state index contributed by atoms with van der Waals surface area (Å²) in [5, 5.41) is 21.9. The van der Waals surface area contributed by atoms with Crippen LogP contribution in [-0.4, -0.2) is 57.9 Å². The molecule has 0 radical (unpaired) electrons. The van der Waals surface area contributed by atoms with Crippen molar-refractivity contribution in [3.63, 3.8) is 0 Å². The van der Waals surface area contributed by atoms with Gasteiger partial charge in [-0.1, -0.05) is 5.16 Å². The number of nitriles is 1. The van der Waals surface area contributed by atoms with Gasteiger partial charge in [0, 0.05) is 5.38 Å². The van der Waals surface area contributed by atoms with Crippen molar-refractivity contribution in [3.8, 4) is 6.07 Å². The topological polar surface area (TPSA) is 122 Å². The minimum absolute atomic E-state index is 0. The zero-order valence-electron chi connectivity index (χ0n) is 7.38. The Labute approximate surface area is 117 Å². The van der Waals surface area contributed by atoms with Gasteiger partial charge in [-0.15, -0.1) is 11.3 Å². The Morgan fingerprint density at radius 3 is 2.94 bits per heavy atom. The summed E-state index contributed by atoms with van der Waals surface area (Å²) < 4.78 is 0. The van der Waals surface area contributed by atoms with Crippen molar-refractivity contribution < 1.29 is 14.7 Å². The average Bonchev–Trinajstić information content (AvgIpc) is 2.59. The fraction of sp³-hybridized carbons (Fsp3) is 0.143. The standard InChI is InChI=1S/C7H6N4O3S.Na.H/c8-1-2-14-11-5(6(12)13)4-3-15-7(9)10-4;;/h3H,2H2,(H2,9,10)(H,12,13);;/b11-5-;;. The molecule has 0 aliphatic heterocycles. The SMILES string of the molecule is N#CCO/N=C(\C(=O)O)c1csc(N)n1.[NaH]. The van der Waals surface area contributed by atoms with E-state index in [9.17, 15) is 4.79 Å². The molecule has 0 spiro atoms. The number of carboxylic acids is 1. The van der Waals surface area contributed by atoms with Crippen LogP contribution in [-0.2, 0) is 9.63 Å². The van der Waals surface area contributed by atoms with Crippen molar-refractivity contribution in [3.05, 3.63) is 11.1 Å². The summed E-state index contributed by atoms with van der Waals surface area (Å²) in [6, 6.07) is 1.65. The molecule has 0 aromatic carbocycles. The minimum atomic E-state index is -1.29. The summed E-state index contributed by atoms with van der Waals surface area (Å²) in [5.74, 6) is -1.29. The maximum atomic E-state index is 10.7. The predicted octanol–water partition coefficient (Wildman–Crippen LogP) is -0.594. The third-order valence-electron chi connectivity index (χ3n) is 1.25. The molecule has 0 aliphatic carbocycles. The van der Waals surface area contributed by atoms with Gasteiger partial charge in [-0.05, 0) is 0 Å². The average molecular weight is 250 g/mol. The molecule has 80 valence electrons. The van der Waals surface area contributed by atoms with Crippen LogP contribution in [0.2, 0.25) is 0 Å². The summed E-state index contributed by atoms with van der Waals surface area (Å²) in [4.78, 5) is 18.9. The number of thiazole rings is 1. The van der Waals surface area contributed by atoms with Gasteiger partial charge >= 0.3 is 35.5 Å². The van der Waals surface area contributed by atoms with E-state index in [1.54, 1.807) is 6.07 Å². The van der Waals surface area contributed by atoms with Gasteiger partial charge in [-0.3, -0.25) is 0 Å². The Balaban J connectivity index is 0.00000225. The van der Waals surface area contributed by atoms with Crippen molar-refractivity contribution in [2.45, 2.75) is 0 Å². The van der Waals surface area contributed by atoms with E-state index in [1.165, 1.54) is 5.38 Å². The van der Waals surface area contributed by atoms with Crippen LogP contribution in [0.3, 0.4) is 0 Å². The van der Waals surface area contributed by atoms with Crippen molar-refractivity contribution in [2.24, 2.45) is 5.16 Å². The second-order valence-electron chi connectivity index (χ2n) is 2.25. The maximum absolute atomic E-state index is 10.7. The quantitative estimate of drug-likeness (QED) is 0.318. The van der Waals surface area contributed by atoms with E-state index in [0.29, 0.717) is 0 Å². The van der Waals surface area contributed by atoms with Gasteiger partial charge < -0.3 is 15.7 Å². The molecule has 16 heavy (non-hydrogen) atoms. The Kier molecular flexibility index (Phi) is 6.67. The summed E-state index contributed by atoms with van der Waals surface area (Å²) in [7, 11) is 0.